The van der Waals surface area contributed by atoms with Crippen LogP contribution in [0.2, 0.25) is 0 Å². The van der Waals surface area contributed by atoms with Gasteiger partial charge in [0, 0.05) is 12.5 Å². The first-order chi connectivity index (χ1) is 7.93. The van der Waals surface area contributed by atoms with Crippen LogP contribution in [-0.4, -0.2) is 30.0 Å². The molecule has 0 spiro atoms. The fourth-order valence-electron chi connectivity index (χ4n) is 1.87. The summed E-state index contributed by atoms with van der Waals surface area (Å²) < 4.78 is 24.2. The first-order valence-corrected chi connectivity index (χ1v) is 7.13. The molecule has 0 bridgehead atoms. The number of nitrogens with one attached hydrogen (secondary N) is 1. The van der Waals surface area contributed by atoms with Crippen LogP contribution in [0.15, 0.2) is 11.5 Å². The lowest BCUT2D eigenvalue weighted by molar-refractivity contribution is 0.605. The molecule has 3 N–H and O–H groups in total. The van der Waals surface area contributed by atoms with E-state index in [0.717, 1.165) is 12.1 Å². The van der Waals surface area contributed by atoms with E-state index < -0.39 is 9.84 Å². The van der Waals surface area contributed by atoms with Crippen molar-refractivity contribution >= 4 is 21.3 Å². The summed E-state index contributed by atoms with van der Waals surface area (Å²) in [6.07, 6.45) is 2.38. The summed E-state index contributed by atoms with van der Waals surface area (Å²) in [4.78, 5) is 0. The third-order valence-corrected chi connectivity index (χ3v) is 4.14. The van der Waals surface area contributed by atoms with Crippen LogP contribution in [0.4, 0.5) is 11.5 Å². The van der Waals surface area contributed by atoms with Gasteiger partial charge in [-0.15, -0.1) is 0 Å². The Kier molecular flexibility index (Phi) is 2.86. The quantitative estimate of drug-likeness (QED) is 0.811. The topological polar surface area (TPSA) is 90.0 Å². The van der Waals surface area contributed by atoms with Crippen molar-refractivity contribution in [1.82, 2.24) is 9.78 Å². The molecular weight excluding hydrogens is 240 g/mol. The summed E-state index contributed by atoms with van der Waals surface area (Å²) in [5.41, 5.74) is 7.35. The van der Waals surface area contributed by atoms with E-state index >= 15 is 0 Å². The van der Waals surface area contributed by atoms with E-state index in [4.69, 9.17) is 5.73 Å². The third-order valence-electron chi connectivity index (χ3n) is 2.75. The second-order valence-electron chi connectivity index (χ2n) is 4.10. The highest BCUT2D eigenvalue weighted by Gasteiger charge is 2.23. The molecule has 7 heteroatoms. The number of nitrogens with two attached hydrogens (primary N) is 1. The van der Waals surface area contributed by atoms with Gasteiger partial charge in [-0.3, -0.25) is 4.68 Å². The van der Waals surface area contributed by atoms with Gasteiger partial charge in [0.2, 0.25) is 0 Å². The van der Waals surface area contributed by atoms with Crippen molar-refractivity contribution in [3.05, 3.63) is 17.2 Å². The molecule has 1 aromatic rings. The normalized spacial score (nSPS) is 21.9. The van der Waals surface area contributed by atoms with E-state index in [-0.39, 0.29) is 11.8 Å². The zero-order valence-corrected chi connectivity index (χ0v) is 10.7. The molecule has 17 heavy (non-hydrogen) atoms. The van der Waals surface area contributed by atoms with Gasteiger partial charge in [0.25, 0.3) is 0 Å². The second kappa shape index (κ2) is 4.06. The largest absolute Gasteiger partial charge is 0.394 e. The number of anilines is 2. The molecule has 0 aromatic carbocycles. The maximum absolute atomic E-state index is 11.3. The molecule has 0 fully saturated rings. The molecule has 0 amide bonds. The number of aromatic nitrogens is 2. The molecular formula is C10H16N4O2S. The van der Waals surface area contributed by atoms with Crippen LogP contribution in [0.3, 0.4) is 0 Å². The number of sulfone groups is 1. The van der Waals surface area contributed by atoms with Crippen molar-refractivity contribution in [1.29, 1.82) is 0 Å². The Hall–Kier alpha value is -1.50. The number of nitrogen functional groups attached to an aromatic ring is 1. The molecule has 2 rings (SSSR count). The molecule has 1 aliphatic rings. The monoisotopic (exact) mass is 256 g/mol. The average molecular weight is 256 g/mol. The van der Waals surface area contributed by atoms with Crippen molar-refractivity contribution in [2.45, 2.75) is 19.4 Å². The standard InChI is InChI=1S/C10H16N4O2S/c1-3-8-9(11)10(14(2)13-8)12-7-4-5-17(15,16)6-7/h4-5,7,12H,3,6,11H2,1-2H3. The summed E-state index contributed by atoms with van der Waals surface area (Å²) >= 11 is 0. The Morgan fingerprint density at radius 2 is 2.35 bits per heavy atom. The highest BCUT2D eigenvalue weighted by molar-refractivity contribution is 7.94. The lowest BCUT2D eigenvalue weighted by Gasteiger charge is -2.12. The molecule has 0 saturated heterocycles. The minimum atomic E-state index is -3.05. The van der Waals surface area contributed by atoms with Crippen molar-refractivity contribution in [3.63, 3.8) is 0 Å². The summed E-state index contributed by atoms with van der Waals surface area (Å²) in [6.45, 7) is 1.97. The molecule has 1 atom stereocenters. The molecule has 1 aliphatic heterocycles. The summed E-state index contributed by atoms with van der Waals surface area (Å²) in [5, 5.41) is 8.59. The van der Waals surface area contributed by atoms with Crippen molar-refractivity contribution in [2.24, 2.45) is 7.05 Å². The van der Waals surface area contributed by atoms with E-state index in [1.165, 1.54) is 5.41 Å². The number of hydrogen-bond acceptors (Lipinski definition) is 5. The lowest BCUT2D eigenvalue weighted by atomic mass is 10.3. The maximum Gasteiger partial charge on any atom is 0.173 e. The Balaban J connectivity index is 2.21. The molecule has 1 unspecified atom stereocenters. The summed E-state index contributed by atoms with van der Waals surface area (Å²) in [6, 6.07) is -0.234. The van der Waals surface area contributed by atoms with E-state index in [1.54, 1.807) is 17.8 Å². The third kappa shape index (κ3) is 2.28. The predicted octanol–water partition coefficient (Wildman–Crippen LogP) is 0.287. The minimum Gasteiger partial charge on any atom is -0.394 e. The minimum absolute atomic E-state index is 0.0685. The molecule has 6 nitrogen and oxygen atoms in total. The van der Waals surface area contributed by atoms with E-state index in [0.29, 0.717) is 11.5 Å². The number of nitrogens with zero attached hydrogens (tertiary/aromatic N) is 2. The van der Waals surface area contributed by atoms with Gasteiger partial charge in [0.05, 0.1) is 23.2 Å². The smallest absolute Gasteiger partial charge is 0.173 e. The van der Waals surface area contributed by atoms with Gasteiger partial charge in [-0.05, 0) is 12.5 Å². The Morgan fingerprint density at radius 1 is 1.65 bits per heavy atom. The molecule has 94 valence electrons. The number of hydrogen-bond donors (Lipinski definition) is 2. The van der Waals surface area contributed by atoms with Crippen molar-refractivity contribution in [2.75, 3.05) is 16.8 Å². The van der Waals surface area contributed by atoms with Crippen LogP contribution in [0.5, 0.6) is 0 Å². The maximum atomic E-state index is 11.3. The van der Waals surface area contributed by atoms with Gasteiger partial charge in [-0.25, -0.2) is 8.42 Å². The van der Waals surface area contributed by atoms with E-state index in [1.807, 2.05) is 6.92 Å². The SMILES string of the molecule is CCc1nn(C)c(NC2C=CS(=O)(=O)C2)c1N. The number of aryl methyl sites for hydroxylation is 2. The van der Waals surface area contributed by atoms with Crippen LogP contribution in [0.25, 0.3) is 0 Å². The number of rotatable bonds is 3. The molecule has 0 saturated carbocycles. The molecule has 2 heterocycles. The van der Waals surface area contributed by atoms with E-state index in [9.17, 15) is 8.42 Å². The van der Waals surface area contributed by atoms with Gasteiger partial charge in [-0.1, -0.05) is 6.92 Å². The lowest BCUT2D eigenvalue weighted by Crippen LogP contribution is -2.23. The van der Waals surface area contributed by atoms with Crippen molar-refractivity contribution < 1.29 is 8.42 Å². The van der Waals surface area contributed by atoms with Gasteiger partial charge >= 0.3 is 0 Å². The zero-order chi connectivity index (χ0) is 12.6. The average Bonchev–Trinajstić information content (AvgIpc) is 2.72. The summed E-state index contributed by atoms with van der Waals surface area (Å²) in [7, 11) is -1.27. The predicted molar refractivity (Wildman–Crippen MR) is 67.3 cm³/mol. The van der Waals surface area contributed by atoms with Crippen LogP contribution in [0, 0.1) is 0 Å². The molecule has 1 aromatic heterocycles. The highest BCUT2D eigenvalue weighted by Crippen LogP contribution is 2.24. The first-order valence-electron chi connectivity index (χ1n) is 5.42. The Labute approximate surface area is 100 Å². The van der Waals surface area contributed by atoms with Gasteiger partial charge < -0.3 is 11.1 Å². The van der Waals surface area contributed by atoms with E-state index in [2.05, 4.69) is 10.4 Å². The first kappa shape index (κ1) is 12.0. The van der Waals surface area contributed by atoms with Crippen LogP contribution in [-0.2, 0) is 23.3 Å². The van der Waals surface area contributed by atoms with Crippen LogP contribution in [0.1, 0.15) is 12.6 Å². The van der Waals surface area contributed by atoms with Crippen LogP contribution >= 0.6 is 0 Å². The van der Waals surface area contributed by atoms with Gasteiger partial charge in [0.1, 0.15) is 5.82 Å². The van der Waals surface area contributed by atoms with Gasteiger partial charge in [0.15, 0.2) is 9.84 Å². The molecule has 0 radical (unpaired) electrons. The second-order valence-corrected chi connectivity index (χ2v) is 6.03. The fraction of sp³-hybridized carbons (Fsp3) is 0.500. The zero-order valence-electron chi connectivity index (χ0n) is 9.84. The van der Waals surface area contributed by atoms with Crippen molar-refractivity contribution in [3.8, 4) is 0 Å². The summed E-state index contributed by atoms with van der Waals surface area (Å²) in [5.74, 6) is 0.743. The fourth-order valence-corrected chi connectivity index (χ4v) is 3.10. The van der Waals surface area contributed by atoms with Gasteiger partial charge in [-0.2, -0.15) is 5.10 Å². The Bertz CT molecular complexity index is 559. The molecule has 0 aliphatic carbocycles. The highest BCUT2D eigenvalue weighted by atomic mass is 32.2. The Morgan fingerprint density at radius 3 is 2.82 bits per heavy atom. The van der Waals surface area contributed by atoms with Crippen LogP contribution < -0.4 is 11.1 Å².